The van der Waals surface area contributed by atoms with Crippen molar-refractivity contribution >= 4 is 5.96 Å². The second kappa shape index (κ2) is 4.90. The van der Waals surface area contributed by atoms with Crippen LogP contribution >= 0.6 is 0 Å². The summed E-state index contributed by atoms with van der Waals surface area (Å²) >= 11 is 0. The molecule has 4 heteroatoms. The lowest BCUT2D eigenvalue weighted by Crippen LogP contribution is -2.69. The van der Waals surface area contributed by atoms with Gasteiger partial charge in [-0.1, -0.05) is 12.8 Å². The fourth-order valence-corrected chi connectivity index (χ4v) is 4.76. The summed E-state index contributed by atoms with van der Waals surface area (Å²) in [6.07, 6.45) is 9.80. The number of nitrogens with one attached hydrogen (secondary N) is 2. The number of ether oxygens (including phenoxy) is 1. The molecular weight excluding hydrogens is 250 g/mol. The van der Waals surface area contributed by atoms with Crippen LogP contribution in [0.4, 0.5) is 0 Å². The van der Waals surface area contributed by atoms with Crippen LogP contribution in [0.3, 0.4) is 0 Å². The van der Waals surface area contributed by atoms with Gasteiger partial charge in [0.25, 0.3) is 0 Å². The highest BCUT2D eigenvalue weighted by Gasteiger charge is 2.65. The van der Waals surface area contributed by atoms with E-state index >= 15 is 0 Å². The zero-order valence-electron chi connectivity index (χ0n) is 12.5. The molecule has 112 valence electrons. The zero-order chi connectivity index (χ0) is 13.6. The fraction of sp³-hybridized carbons (Fsp3) is 0.938. The third kappa shape index (κ3) is 1.95. The normalized spacial score (nSPS) is 38.6. The maximum absolute atomic E-state index is 6.05. The minimum absolute atomic E-state index is 0.418. The molecule has 0 aromatic carbocycles. The molecule has 4 nitrogen and oxygen atoms in total. The molecular formula is C16H27N3O. The van der Waals surface area contributed by atoms with Crippen LogP contribution in [0, 0.1) is 11.3 Å². The summed E-state index contributed by atoms with van der Waals surface area (Å²) in [5.41, 5.74) is 0.418. The molecule has 1 saturated heterocycles. The summed E-state index contributed by atoms with van der Waals surface area (Å²) in [4.78, 5) is 4.65. The predicted molar refractivity (Wildman–Crippen MR) is 79.8 cm³/mol. The second-order valence-electron chi connectivity index (χ2n) is 7.05. The van der Waals surface area contributed by atoms with Gasteiger partial charge in [-0.25, -0.2) is 0 Å². The van der Waals surface area contributed by atoms with Gasteiger partial charge in [0, 0.05) is 36.6 Å². The van der Waals surface area contributed by atoms with Crippen LogP contribution in [-0.2, 0) is 4.74 Å². The summed E-state index contributed by atoms with van der Waals surface area (Å²) in [6.45, 7) is 3.93. The van der Waals surface area contributed by atoms with E-state index in [0.717, 1.165) is 25.0 Å². The number of guanidine groups is 1. The lowest BCUT2D eigenvalue weighted by Gasteiger charge is -2.57. The minimum atomic E-state index is 0.418. The molecule has 3 saturated carbocycles. The average molecular weight is 277 g/mol. The molecule has 3 atom stereocenters. The molecule has 20 heavy (non-hydrogen) atoms. The largest absolute Gasteiger partial charge is 0.377 e. The molecule has 4 fully saturated rings. The molecule has 2 N–H and O–H groups in total. The minimum Gasteiger partial charge on any atom is -0.377 e. The van der Waals surface area contributed by atoms with Gasteiger partial charge >= 0.3 is 0 Å². The number of aliphatic imine (C=N–C) groups is 1. The van der Waals surface area contributed by atoms with Crippen molar-refractivity contribution in [2.24, 2.45) is 16.3 Å². The molecule has 0 bridgehead atoms. The molecule has 3 aliphatic carbocycles. The summed E-state index contributed by atoms with van der Waals surface area (Å²) < 4.78 is 6.05. The molecule has 0 amide bonds. The van der Waals surface area contributed by atoms with Crippen molar-refractivity contribution in [2.75, 3.05) is 13.2 Å². The Morgan fingerprint density at radius 2 is 2.00 bits per heavy atom. The smallest absolute Gasteiger partial charge is 0.191 e. The summed E-state index contributed by atoms with van der Waals surface area (Å²) in [5.74, 6) is 1.77. The Kier molecular flexibility index (Phi) is 3.17. The first-order valence-electron chi connectivity index (χ1n) is 8.52. The van der Waals surface area contributed by atoms with Gasteiger partial charge in [-0.05, 0) is 39.0 Å². The molecule has 1 spiro atoms. The number of hydrogen-bond acceptors (Lipinski definition) is 2. The zero-order valence-corrected chi connectivity index (χ0v) is 12.5. The third-order valence-electron chi connectivity index (χ3n) is 5.81. The summed E-state index contributed by atoms with van der Waals surface area (Å²) in [7, 11) is 0. The molecule has 3 unspecified atom stereocenters. The standard InChI is InChI=1S/C16H27N3O/c1-2-17-15(18-11-5-6-11)19-13-12-7-10-20-14(12)16(13)8-3-4-9-16/h11-14H,2-10H2,1H3,(H2,17,18,19). The van der Waals surface area contributed by atoms with Crippen molar-refractivity contribution in [2.45, 2.75) is 70.1 Å². The fourth-order valence-electron chi connectivity index (χ4n) is 4.76. The maximum atomic E-state index is 6.05. The highest BCUT2D eigenvalue weighted by Crippen LogP contribution is 2.60. The van der Waals surface area contributed by atoms with Gasteiger partial charge in [-0.15, -0.1) is 0 Å². The monoisotopic (exact) mass is 277 g/mol. The SMILES string of the molecule is CCN=C(NC1CC1)NC1C2CCOC2C12CCCC2. The molecule has 4 rings (SSSR count). The van der Waals surface area contributed by atoms with E-state index in [-0.39, 0.29) is 0 Å². The van der Waals surface area contributed by atoms with E-state index in [1.54, 1.807) is 0 Å². The van der Waals surface area contributed by atoms with Crippen molar-refractivity contribution in [1.29, 1.82) is 0 Å². The second-order valence-corrected chi connectivity index (χ2v) is 7.05. The number of hydrogen-bond donors (Lipinski definition) is 2. The van der Waals surface area contributed by atoms with Gasteiger partial charge in [0.15, 0.2) is 5.96 Å². The number of fused-ring (bicyclic) bond motifs is 2. The Hall–Kier alpha value is -0.770. The first-order valence-corrected chi connectivity index (χ1v) is 8.52. The molecule has 1 aliphatic heterocycles. The van der Waals surface area contributed by atoms with Gasteiger partial charge < -0.3 is 15.4 Å². The first kappa shape index (κ1) is 12.9. The van der Waals surface area contributed by atoms with Gasteiger partial charge in [-0.3, -0.25) is 4.99 Å². The third-order valence-corrected chi connectivity index (χ3v) is 5.81. The van der Waals surface area contributed by atoms with Crippen LogP contribution in [0.25, 0.3) is 0 Å². The quantitative estimate of drug-likeness (QED) is 0.613. The van der Waals surface area contributed by atoms with Crippen LogP contribution < -0.4 is 10.6 Å². The van der Waals surface area contributed by atoms with Crippen LogP contribution in [0.2, 0.25) is 0 Å². The van der Waals surface area contributed by atoms with Crippen molar-refractivity contribution in [3.63, 3.8) is 0 Å². The van der Waals surface area contributed by atoms with Crippen LogP contribution in [0.5, 0.6) is 0 Å². The summed E-state index contributed by atoms with van der Waals surface area (Å²) in [6, 6.07) is 1.26. The van der Waals surface area contributed by atoms with Gasteiger partial charge in [0.05, 0.1) is 6.10 Å². The average Bonchev–Trinajstić information content (AvgIpc) is 2.96. The predicted octanol–water partition coefficient (Wildman–Crippen LogP) is 2.05. The Morgan fingerprint density at radius 3 is 2.70 bits per heavy atom. The number of rotatable bonds is 3. The molecule has 0 aromatic heterocycles. The van der Waals surface area contributed by atoms with Crippen LogP contribution in [0.1, 0.15) is 51.9 Å². The Bertz CT molecular complexity index is 399. The molecule has 0 aromatic rings. The highest BCUT2D eigenvalue weighted by atomic mass is 16.5. The van der Waals surface area contributed by atoms with E-state index < -0.39 is 0 Å². The highest BCUT2D eigenvalue weighted by molar-refractivity contribution is 5.81. The van der Waals surface area contributed by atoms with Crippen molar-refractivity contribution < 1.29 is 4.74 Å². The Labute approximate surface area is 121 Å². The lowest BCUT2D eigenvalue weighted by atomic mass is 9.54. The van der Waals surface area contributed by atoms with Crippen molar-refractivity contribution in [1.82, 2.24) is 10.6 Å². The molecule has 1 heterocycles. The molecule has 0 radical (unpaired) electrons. The van der Waals surface area contributed by atoms with E-state index in [9.17, 15) is 0 Å². The van der Waals surface area contributed by atoms with Crippen molar-refractivity contribution in [3.8, 4) is 0 Å². The van der Waals surface area contributed by atoms with Crippen LogP contribution in [0.15, 0.2) is 4.99 Å². The maximum Gasteiger partial charge on any atom is 0.191 e. The summed E-state index contributed by atoms with van der Waals surface area (Å²) in [5, 5.41) is 7.36. The topological polar surface area (TPSA) is 45.7 Å². The van der Waals surface area contributed by atoms with Gasteiger partial charge in [0.2, 0.25) is 0 Å². The van der Waals surface area contributed by atoms with Crippen molar-refractivity contribution in [3.05, 3.63) is 0 Å². The van der Waals surface area contributed by atoms with E-state index in [1.165, 1.54) is 44.9 Å². The van der Waals surface area contributed by atoms with E-state index in [4.69, 9.17) is 4.74 Å². The first-order chi connectivity index (χ1) is 9.83. The Balaban J connectivity index is 1.49. The Morgan fingerprint density at radius 1 is 1.20 bits per heavy atom. The van der Waals surface area contributed by atoms with Gasteiger partial charge in [0.1, 0.15) is 0 Å². The van der Waals surface area contributed by atoms with E-state index in [2.05, 4.69) is 22.5 Å². The van der Waals surface area contributed by atoms with Crippen LogP contribution in [-0.4, -0.2) is 37.3 Å². The lowest BCUT2D eigenvalue weighted by molar-refractivity contribution is -0.125. The molecule has 4 aliphatic rings. The van der Waals surface area contributed by atoms with Gasteiger partial charge in [-0.2, -0.15) is 0 Å². The van der Waals surface area contributed by atoms with E-state index in [1.807, 2.05) is 0 Å². The number of nitrogens with zero attached hydrogens (tertiary/aromatic N) is 1. The van der Waals surface area contributed by atoms with E-state index in [0.29, 0.717) is 23.6 Å².